The van der Waals surface area contributed by atoms with Crippen LogP contribution in [0.3, 0.4) is 0 Å². The molecule has 3 aliphatic rings. The molecule has 3 aliphatic carbocycles. The third kappa shape index (κ3) is 3.24. The van der Waals surface area contributed by atoms with Crippen molar-refractivity contribution in [2.24, 2.45) is 47.3 Å². The van der Waals surface area contributed by atoms with E-state index in [4.69, 9.17) is 0 Å². The van der Waals surface area contributed by atoms with Gasteiger partial charge in [0.1, 0.15) is 0 Å². The molecule has 8 unspecified atom stereocenters. The highest BCUT2D eigenvalue weighted by Gasteiger charge is 2.56. The molecule has 0 saturated heterocycles. The van der Waals surface area contributed by atoms with E-state index >= 15 is 0 Å². The molecule has 8 atom stereocenters. The highest BCUT2D eigenvalue weighted by molar-refractivity contribution is 6.80. The second kappa shape index (κ2) is 7.02. The third-order valence-corrected chi connectivity index (χ3v) is 14.3. The molecular formula is C24H42Si. The molecule has 0 nitrogen and oxygen atoms in total. The first-order valence-corrected chi connectivity index (χ1v) is 14.2. The molecule has 0 aromatic carbocycles. The Labute approximate surface area is 158 Å². The zero-order valence-corrected chi connectivity index (χ0v) is 19.0. The van der Waals surface area contributed by atoms with Gasteiger partial charge in [0.25, 0.3) is 0 Å². The molecule has 25 heavy (non-hydrogen) atoms. The quantitative estimate of drug-likeness (QED) is 0.459. The van der Waals surface area contributed by atoms with Crippen LogP contribution in [0.5, 0.6) is 0 Å². The van der Waals surface area contributed by atoms with Crippen molar-refractivity contribution in [2.75, 3.05) is 0 Å². The van der Waals surface area contributed by atoms with E-state index in [-0.39, 0.29) is 0 Å². The summed E-state index contributed by atoms with van der Waals surface area (Å²) in [6, 6.07) is 0. The molecule has 2 saturated carbocycles. The molecule has 0 bridgehead atoms. The van der Waals surface area contributed by atoms with E-state index in [0.717, 1.165) is 58.4 Å². The Morgan fingerprint density at radius 3 is 1.88 bits per heavy atom. The van der Waals surface area contributed by atoms with E-state index in [1.807, 2.05) is 0 Å². The largest absolute Gasteiger partial charge is 0.0808 e. The van der Waals surface area contributed by atoms with Crippen molar-refractivity contribution >= 4 is 8.07 Å². The van der Waals surface area contributed by atoms with E-state index in [9.17, 15) is 0 Å². The second-order valence-corrected chi connectivity index (χ2v) is 16.0. The molecular weight excluding hydrogens is 316 g/mol. The van der Waals surface area contributed by atoms with Crippen molar-refractivity contribution in [3.63, 3.8) is 0 Å². The molecule has 0 heterocycles. The van der Waals surface area contributed by atoms with Gasteiger partial charge in [-0.05, 0) is 71.3 Å². The van der Waals surface area contributed by atoms with Gasteiger partial charge in [-0.25, -0.2) is 0 Å². The van der Waals surface area contributed by atoms with Crippen LogP contribution in [-0.2, 0) is 0 Å². The van der Waals surface area contributed by atoms with Crippen LogP contribution in [0.1, 0.15) is 54.4 Å². The van der Waals surface area contributed by atoms with Crippen LogP contribution in [0.15, 0.2) is 24.3 Å². The normalized spacial score (nSPS) is 46.8. The highest BCUT2D eigenvalue weighted by Crippen LogP contribution is 2.62. The standard InChI is InChI=1S/C24H42Si/c1-15(2)13-20-14-23(22-12-10-9-11-21(20)22)25(7,8)24-18(5)16(3)17(4)19(24)6/h9-12,15-24H,13-14H2,1-8H3. The minimum atomic E-state index is -1.33. The molecule has 3 rings (SSSR count). The van der Waals surface area contributed by atoms with Gasteiger partial charge in [0.2, 0.25) is 0 Å². The predicted molar refractivity (Wildman–Crippen MR) is 114 cm³/mol. The Kier molecular flexibility index (Phi) is 5.46. The van der Waals surface area contributed by atoms with Crippen molar-refractivity contribution in [3.05, 3.63) is 24.3 Å². The van der Waals surface area contributed by atoms with Crippen LogP contribution in [0.4, 0.5) is 0 Å². The predicted octanol–water partition coefficient (Wildman–Crippen LogP) is 7.42. The van der Waals surface area contributed by atoms with Gasteiger partial charge in [0, 0.05) is 0 Å². The molecule has 0 aliphatic heterocycles. The molecule has 0 N–H and O–H groups in total. The fraction of sp³-hybridized carbons (Fsp3) is 0.833. The number of fused-ring (bicyclic) bond motifs is 1. The van der Waals surface area contributed by atoms with Crippen LogP contribution < -0.4 is 0 Å². The number of allylic oxidation sites excluding steroid dienone is 4. The summed E-state index contributed by atoms with van der Waals surface area (Å²) in [4.78, 5) is 0. The van der Waals surface area contributed by atoms with Gasteiger partial charge in [-0.2, -0.15) is 0 Å². The Morgan fingerprint density at radius 2 is 1.36 bits per heavy atom. The summed E-state index contributed by atoms with van der Waals surface area (Å²) in [5.74, 6) is 7.04. The molecule has 2 fully saturated rings. The zero-order valence-electron chi connectivity index (χ0n) is 18.0. The van der Waals surface area contributed by atoms with E-state index in [2.05, 4.69) is 78.9 Å². The van der Waals surface area contributed by atoms with Crippen molar-refractivity contribution in [1.82, 2.24) is 0 Å². The topological polar surface area (TPSA) is 0 Å². The van der Waals surface area contributed by atoms with Crippen LogP contribution in [0, 0.1) is 47.3 Å². The summed E-state index contributed by atoms with van der Waals surface area (Å²) in [6.07, 6.45) is 12.8. The van der Waals surface area contributed by atoms with Gasteiger partial charge in [0.05, 0.1) is 8.07 Å². The summed E-state index contributed by atoms with van der Waals surface area (Å²) in [6.45, 7) is 20.6. The van der Waals surface area contributed by atoms with Crippen molar-refractivity contribution in [3.8, 4) is 0 Å². The van der Waals surface area contributed by atoms with Gasteiger partial charge in [-0.3, -0.25) is 0 Å². The van der Waals surface area contributed by atoms with E-state index < -0.39 is 8.07 Å². The van der Waals surface area contributed by atoms with Crippen molar-refractivity contribution in [2.45, 2.75) is 78.6 Å². The fourth-order valence-corrected chi connectivity index (χ4v) is 13.6. The van der Waals surface area contributed by atoms with Gasteiger partial charge in [-0.15, -0.1) is 0 Å². The number of hydrogen-bond acceptors (Lipinski definition) is 0. The molecule has 0 radical (unpaired) electrons. The van der Waals surface area contributed by atoms with Crippen LogP contribution >= 0.6 is 0 Å². The Morgan fingerprint density at radius 1 is 0.840 bits per heavy atom. The maximum Gasteiger partial charge on any atom is 0.0547 e. The summed E-state index contributed by atoms with van der Waals surface area (Å²) >= 11 is 0. The lowest BCUT2D eigenvalue weighted by atomic mass is 9.82. The fourth-order valence-electron chi connectivity index (χ4n) is 7.51. The first-order chi connectivity index (χ1) is 11.7. The van der Waals surface area contributed by atoms with E-state index in [1.54, 1.807) is 0 Å². The second-order valence-electron chi connectivity index (χ2n) is 10.9. The average Bonchev–Trinajstić information content (AvgIpc) is 3.00. The van der Waals surface area contributed by atoms with Crippen LogP contribution in [0.25, 0.3) is 0 Å². The van der Waals surface area contributed by atoms with Crippen LogP contribution in [-0.4, -0.2) is 8.07 Å². The zero-order chi connectivity index (χ0) is 18.5. The van der Waals surface area contributed by atoms with Gasteiger partial charge >= 0.3 is 0 Å². The molecule has 0 amide bonds. The summed E-state index contributed by atoms with van der Waals surface area (Å²) < 4.78 is 0. The smallest absolute Gasteiger partial charge is 0.0547 e. The lowest BCUT2D eigenvalue weighted by Gasteiger charge is -2.43. The third-order valence-electron chi connectivity index (χ3n) is 9.00. The number of hydrogen-bond donors (Lipinski definition) is 0. The SMILES string of the molecule is CC(C)CC1CC([Si](C)(C)C2C(C)C(C)C(C)C2C)C2C=CC=CC12. The van der Waals surface area contributed by atoms with Gasteiger partial charge in [0.15, 0.2) is 0 Å². The van der Waals surface area contributed by atoms with Crippen molar-refractivity contribution in [1.29, 1.82) is 0 Å². The lowest BCUT2D eigenvalue weighted by molar-refractivity contribution is 0.347. The average molecular weight is 359 g/mol. The Bertz CT molecular complexity index is 514. The molecule has 142 valence electrons. The Hall–Kier alpha value is -0.303. The monoisotopic (exact) mass is 358 g/mol. The summed E-state index contributed by atoms with van der Waals surface area (Å²) in [5, 5.41) is 0. The minimum Gasteiger partial charge on any atom is -0.0808 e. The first-order valence-electron chi connectivity index (χ1n) is 11.0. The maximum absolute atomic E-state index is 2.76. The Balaban J connectivity index is 1.89. The van der Waals surface area contributed by atoms with Crippen molar-refractivity contribution < 1.29 is 0 Å². The first kappa shape index (κ1) is 19.5. The van der Waals surface area contributed by atoms with E-state index in [1.165, 1.54) is 12.8 Å². The summed E-state index contributed by atoms with van der Waals surface area (Å²) in [7, 11) is -1.33. The molecule has 0 aromatic rings. The van der Waals surface area contributed by atoms with Gasteiger partial charge < -0.3 is 0 Å². The lowest BCUT2D eigenvalue weighted by Crippen LogP contribution is -2.43. The van der Waals surface area contributed by atoms with Gasteiger partial charge in [-0.1, -0.05) is 78.9 Å². The van der Waals surface area contributed by atoms with E-state index in [0.29, 0.717) is 0 Å². The molecule has 0 spiro atoms. The molecule has 1 heteroatoms. The van der Waals surface area contributed by atoms with Crippen LogP contribution in [0.2, 0.25) is 24.2 Å². The highest BCUT2D eigenvalue weighted by atomic mass is 28.3. The summed E-state index contributed by atoms with van der Waals surface area (Å²) in [5.41, 5.74) is 1.98. The molecule has 0 aromatic heterocycles. The minimum absolute atomic E-state index is 0.825. The number of rotatable bonds is 4. The maximum atomic E-state index is 2.76.